The molecule has 0 N–H and O–H groups in total. The molecule has 0 bridgehead atoms. The Morgan fingerprint density at radius 1 is 0.267 bits per heavy atom. The van der Waals surface area contributed by atoms with Crippen LogP contribution in [0.3, 0.4) is 0 Å². The first kappa shape index (κ1) is 35.2. The number of hydrogen-bond acceptors (Lipinski definition) is 1. The summed E-state index contributed by atoms with van der Waals surface area (Å²) in [6.07, 6.45) is 0. The molecular weight excluding hydrogens is 725 g/mol. The van der Waals surface area contributed by atoms with Crippen LogP contribution in [0.2, 0.25) is 0 Å². The molecule has 10 aromatic carbocycles. The van der Waals surface area contributed by atoms with Gasteiger partial charge in [-0.15, -0.1) is 0 Å². The summed E-state index contributed by atoms with van der Waals surface area (Å²) in [5, 5.41) is 4.99. The van der Waals surface area contributed by atoms with Crippen LogP contribution in [0.25, 0.3) is 82.8 Å². The van der Waals surface area contributed by atoms with E-state index < -0.39 is 0 Å². The van der Waals surface area contributed by atoms with Crippen molar-refractivity contribution in [2.75, 3.05) is 4.90 Å². The van der Waals surface area contributed by atoms with Crippen LogP contribution in [-0.2, 0) is 0 Å². The number of anilines is 3. The first-order valence-corrected chi connectivity index (χ1v) is 20.6. The third kappa shape index (κ3) is 6.14. The van der Waals surface area contributed by atoms with Crippen molar-refractivity contribution >= 4 is 49.6 Å². The predicted molar refractivity (Wildman–Crippen MR) is 255 cm³/mol. The van der Waals surface area contributed by atoms with Gasteiger partial charge in [0, 0.05) is 33.4 Å². The molecule has 0 radical (unpaired) electrons. The van der Waals surface area contributed by atoms with Gasteiger partial charge in [0.05, 0.1) is 16.7 Å². The highest BCUT2D eigenvalue weighted by atomic mass is 15.1. The lowest BCUT2D eigenvalue weighted by Gasteiger charge is -2.26. The van der Waals surface area contributed by atoms with Gasteiger partial charge < -0.3 is 9.47 Å². The summed E-state index contributed by atoms with van der Waals surface area (Å²) in [5.41, 5.74) is 16.5. The molecular formula is C58H40N2. The summed E-state index contributed by atoms with van der Waals surface area (Å²) in [7, 11) is 0. The van der Waals surface area contributed by atoms with Crippen LogP contribution in [0.1, 0.15) is 0 Å². The summed E-state index contributed by atoms with van der Waals surface area (Å²) in [6, 6.07) is 87.8. The fourth-order valence-electron chi connectivity index (χ4n) is 9.09. The maximum atomic E-state index is 2.44. The number of aromatic nitrogens is 1. The lowest BCUT2D eigenvalue weighted by atomic mass is 9.89. The van der Waals surface area contributed by atoms with Crippen molar-refractivity contribution in [3.63, 3.8) is 0 Å². The van der Waals surface area contributed by atoms with E-state index in [1.807, 2.05) is 0 Å². The largest absolute Gasteiger partial charge is 0.311 e. The first-order chi connectivity index (χ1) is 29.8. The van der Waals surface area contributed by atoms with Gasteiger partial charge in [0.15, 0.2) is 0 Å². The lowest BCUT2D eigenvalue weighted by molar-refractivity contribution is 1.18. The molecule has 2 heteroatoms. The number of hydrogen-bond donors (Lipinski definition) is 0. The Hall–Kier alpha value is -7.94. The van der Waals surface area contributed by atoms with Gasteiger partial charge in [-0.2, -0.15) is 0 Å². The summed E-state index contributed by atoms with van der Waals surface area (Å²) in [5.74, 6) is 0. The second-order valence-corrected chi connectivity index (χ2v) is 15.3. The van der Waals surface area contributed by atoms with Gasteiger partial charge in [0.1, 0.15) is 0 Å². The van der Waals surface area contributed by atoms with Crippen molar-refractivity contribution in [2.45, 2.75) is 0 Å². The zero-order valence-corrected chi connectivity index (χ0v) is 33.0. The van der Waals surface area contributed by atoms with E-state index in [1.165, 1.54) is 71.5 Å². The fourth-order valence-corrected chi connectivity index (χ4v) is 9.09. The van der Waals surface area contributed by atoms with Gasteiger partial charge in [-0.1, -0.05) is 188 Å². The molecule has 0 spiro atoms. The molecule has 0 fully saturated rings. The molecule has 282 valence electrons. The summed E-state index contributed by atoms with van der Waals surface area (Å²) in [4.78, 5) is 2.35. The third-order valence-electron chi connectivity index (χ3n) is 11.8. The number of fused-ring (bicyclic) bond motifs is 4. The molecule has 60 heavy (non-hydrogen) atoms. The molecule has 11 aromatic rings. The zero-order chi connectivity index (χ0) is 39.8. The average Bonchev–Trinajstić information content (AvgIpc) is 3.67. The number of benzene rings is 10. The molecule has 0 unspecified atom stereocenters. The Morgan fingerprint density at radius 3 is 1.35 bits per heavy atom. The van der Waals surface area contributed by atoms with Crippen LogP contribution in [0.15, 0.2) is 243 Å². The zero-order valence-electron chi connectivity index (χ0n) is 33.0. The maximum Gasteiger partial charge on any atom is 0.0546 e. The summed E-state index contributed by atoms with van der Waals surface area (Å²) in [6.45, 7) is 0. The van der Waals surface area contributed by atoms with Gasteiger partial charge in [-0.05, 0) is 104 Å². The molecule has 0 saturated carbocycles. The molecule has 0 saturated heterocycles. The average molecular weight is 765 g/mol. The van der Waals surface area contributed by atoms with Gasteiger partial charge in [0.25, 0.3) is 0 Å². The SMILES string of the molecule is c1ccc(-c2ccc3ccccc3c2-c2ccc(N(c3ccccc3)c3ccc(-c4cccc(-n5c6ccccc6c6ccccc65)c4-c4ccccc4)cc3)cc2)cc1. The number of rotatable bonds is 8. The van der Waals surface area contributed by atoms with Crippen molar-refractivity contribution in [1.29, 1.82) is 0 Å². The predicted octanol–water partition coefficient (Wildman–Crippen LogP) is 16.1. The minimum absolute atomic E-state index is 1.09. The Morgan fingerprint density at radius 2 is 0.717 bits per heavy atom. The standard InChI is InChI=1S/C58H40N2/c1-4-17-41(18-5-1)51-40-35-42-19-10-11-24-49(42)57(51)45-33-38-48(39-34-45)59(46-22-8-3-9-23-46)47-36-31-43(32-37-47)50-27-16-30-56(58(50)44-20-6-2-7-21-44)60-54-28-14-12-25-52(54)53-26-13-15-29-55(53)60/h1-40H. The van der Waals surface area contributed by atoms with Crippen molar-refractivity contribution in [3.05, 3.63) is 243 Å². The molecule has 1 aromatic heterocycles. The third-order valence-corrected chi connectivity index (χ3v) is 11.8. The van der Waals surface area contributed by atoms with Crippen LogP contribution < -0.4 is 4.90 Å². The highest BCUT2D eigenvalue weighted by Gasteiger charge is 2.20. The van der Waals surface area contributed by atoms with Crippen LogP contribution >= 0.6 is 0 Å². The molecule has 1 heterocycles. The van der Waals surface area contributed by atoms with E-state index in [0.717, 1.165) is 28.3 Å². The monoisotopic (exact) mass is 764 g/mol. The van der Waals surface area contributed by atoms with E-state index in [9.17, 15) is 0 Å². The van der Waals surface area contributed by atoms with E-state index in [2.05, 4.69) is 252 Å². The molecule has 0 aliphatic carbocycles. The van der Waals surface area contributed by atoms with Crippen LogP contribution in [0.4, 0.5) is 17.1 Å². The minimum Gasteiger partial charge on any atom is -0.311 e. The van der Waals surface area contributed by atoms with E-state index >= 15 is 0 Å². The topological polar surface area (TPSA) is 8.17 Å². The first-order valence-electron chi connectivity index (χ1n) is 20.6. The Balaban J connectivity index is 1.03. The van der Waals surface area contributed by atoms with Crippen LogP contribution in [-0.4, -0.2) is 4.57 Å². The summed E-state index contributed by atoms with van der Waals surface area (Å²) >= 11 is 0. The van der Waals surface area contributed by atoms with Crippen LogP contribution in [0, 0.1) is 0 Å². The molecule has 0 atom stereocenters. The number of para-hydroxylation sites is 3. The Labute approximate surface area is 350 Å². The van der Waals surface area contributed by atoms with E-state index in [1.54, 1.807) is 0 Å². The van der Waals surface area contributed by atoms with Gasteiger partial charge >= 0.3 is 0 Å². The molecule has 11 rings (SSSR count). The van der Waals surface area contributed by atoms with Crippen molar-refractivity contribution < 1.29 is 0 Å². The molecule has 0 amide bonds. The number of nitrogens with zero attached hydrogens (tertiary/aromatic N) is 2. The Kier molecular flexibility index (Phi) is 8.87. The maximum absolute atomic E-state index is 2.44. The smallest absolute Gasteiger partial charge is 0.0546 e. The fraction of sp³-hybridized carbons (Fsp3) is 0. The summed E-state index contributed by atoms with van der Waals surface area (Å²) < 4.78 is 2.44. The van der Waals surface area contributed by atoms with Gasteiger partial charge in [0.2, 0.25) is 0 Å². The molecule has 0 aliphatic rings. The van der Waals surface area contributed by atoms with Crippen LogP contribution in [0.5, 0.6) is 0 Å². The van der Waals surface area contributed by atoms with Crippen molar-refractivity contribution in [1.82, 2.24) is 4.57 Å². The minimum atomic E-state index is 1.09. The van der Waals surface area contributed by atoms with E-state index in [-0.39, 0.29) is 0 Å². The van der Waals surface area contributed by atoms with E-state index in [0.29, 0.717) is 0 Å². The van der Waals surface area contributed by atoms with Crippen molar-refractivity contribution in [3.8, 4) is 50.2 Å². The van der Waals surface area contributed by atoms with E-state index in [4.69, 9.17) is 0 Å². The highest BCUT2D eigenvalue weighted by Crippen LogP contribution is 2.44. The quantitative estimate of drug-likeness (QED) is 0.150. The lowest BCUT2D eigenvalue weighted by Crippen LogP contribution is -2.09. The van der Waals surface area contributed by atoms with Gasteiger partial charge in [-0.25, -0.2) is 0 Å². The normalized spacial score (nSPS) is 11.3. The second kappa shape index (κ2) is 15.1. The highest BCUT2D eigenvalue weighted by molar-refractivity contribution is 6.10. The molecule has 0 aliphatic heterocycles. The molecule has 2 nitrogen and oxygen atoms in total. The van der Waals surface area contributed by atoms with Gasteiger partial charge in [-0.3, -0.25) is 0 Å². The van der Waals surface area contributed by atoms with Crippen molar-refractivity contribution in [2.24, 2.45) is 0 Å². The Bertz CT molecular complexity index is 3220. The second-order valence-electron chi connectivity index (χ2n) is 15.3.